The molecular weight excluding hydrogens is 493 g/mol. The summed E-state index contributed by atoms with van der Waals surface area (Å²) in [5, 5.41) is 12.5. The average Bonchev–Trinajstić information content (AvgIpc) is 3.60. The molecule has 1 aromatic carbocycles. The Kier molecular flexibility index (Phi) is 5.13. The third-order valence-corrected chi connectivity index (χ3v) is 7.48. The van der Waals surface area contributed by atoms with Gasteiger partial charge in [0, 0.05) is 27.2 Å². The Morgan fingerprint density at radius 1 is 1.15 bits per heavy atom. The molecule has 1 atom stereocenters. The van der Waals surface area contributed by atoms with Crippen LogP contribution in [0.25, 0.3) is 27.4 Å². The van der Waals surface area contributed by atoms with E-state index in [1.807, 2.05) is 37.3 Å². The number of pyridine rings is 1. The van der Waals surface area contributed by atoms with Gasteiger partial charge in [-0.05, 0) is 72.2 Å². The predicted molar refractivity (Wildman–Crippen MR) is 132 cm³/mol. The number of tetrazole rings is 1. The topological polar surface area (TPSA) is 94.3 Å². The van der Waals surface area contributed by atoms with Crippen molar-refractivity contribution in [3.63, 3.8) is 0 Å². The van der Waals surface area contributed by atoms with Crippen molar-refractivity contribution in [1.29, 1.82) is 0 Å². The average molecular weight is 510 g/mol. The number of benzene rings is 1. The minimum atomic E-state index is -0.206. The standard InChI is InChI=1S/C23H17Cl2N7OS/c1-12-2-7-19(34-12)21-22(25)28-23(27-21)18-6-4-15-8-13(9-20(33)32(15)18)16-10-14(24)3-5-17(16)31-11-26-29-30-31/h2-3,5,7-11,18H,4,6H2,1H3,(H,27,28). The third kappa shape index (κ3) is 3.56. The van der Waals surface area contributed by atoms with Crippen LogP contribution in [-0.4, -0.2) is 34.7 Å². The fourth-order valence-electron chi connectivity index (χ4n) is 4.47. The molecule has 4 aromatic heterocycles. The van der Waals surface area contributed by atoms with Crippen molar-refractivity contribution in [2.24, 2.45) is 0 Å². The molecule has 0 amide bonds. The summed E-state index contributed by atoms with van der Waals surface area (Å²) >= 11 is 14.4. The van der Waals surface area contributed by atoms with Gasteiger partial charge in [-0.2, -0.15) is 4.68 Å². The molecule has 34 heavy (non-hydrogen) atoms. The number of rotatable bonds is 4. The van der Waals surface area contributed by atoms with Crippen LogP contribution in [0.15, 0.2) is 53.6 Å². The molecule has 5 aromatic rings. The van der Waals surface area contributed by atoms with Gasteiger partial charge < -0.3 is 9.55 Å². The van der Waals surface area contributed by atoms with Gasteiger partial charge in [-0.15, -0.1) is 16.4 Å². The first-order valence-corrected chi connectivity index (χ1v) is 12.2. The molecule has 5 heterocycles. The SMILES string of the molecule is Cc1ccc(-c2nc(C3CCc4cc(-c5cc(Cl)ccc5-n5cnnn5)cc(=O)n43)[nH]c2Cl)s1. The van der Waals surface area contributed by atoms with Gasteiger partial charge in [-0.25, -0.2) is 4.98 Å². The lowest BCUT2D eigenvalue weighted by Gasteiger charge is -2.14. The molecule has 8 nitrogen and oxygen atoms in total. The molecule has 1 aliphatic rings. The summed E-state index contributed by atoms with van der Waals surface area (Å²) < 4.78 is 3.35. The molecule has 0 spiro atoms. The molecule has 0 saturated carbocycles. The number of imidazole rings is 1. The van der Waals surface area contributed by atoms with E-state index in [1.54, 1.807) is 32.7 Å². The third-order valence-electron chi connectivity index (χ3n) is 5.97. The second-order valence-corrected chi connectivity index (χ2v) is 10.2. The van der Waals surface area contributed by atoms with Gasteiger partial charge in [-0.3, -0.25) is 4.79 Å². The molecule has 0 radical (unpaired) electrons. The molecule has 0 aliphatic carbocycles. The van der Waals surface area contributed by atoms with Gasteiger partial charge in [0.2, 0.25) is 0 Å². The Balaban J connectivity index is 1.42. The highest BCUT2D eigenvalue weighted by molar-refractivity contribution is 7.15. The van der Waals surface area contributed by atoms with Crippen molar-refractivity contribution >= 4 is 34.5 Å². The van der Waals surface area contributed by atoms with Crippen LogP contribution in [0, 0.1) is 6.92 Å². The van der Waals surface area contributed by atoms with E-state index < -0.39 is 0 Å². The zero-order valence-corrected chi connectivity index (χ0v) is 20.2. The molecule has 0 bridgehead atoms. The molecule has 170 valence electrons. The van der Waals surface area contributed by atoms with Crippen molar-refractivity contribution in [3.05, 3.63) is 85.7 Å². The van der Waals surface area contributed by atoms with Crippen LogP contribution in [0.2, 0.25) is 10.2 Å². The van der Waals surface area contributed by atoms with Crippen LogP contribution in [0.5, 0.6) is 0 Å². The summed E-state index contributed by atoms with van der Waals surface area (Å²) in [7, 11) is 0. The largest absolute Gasteiger partial charge is 0.331 e. The number of nitrogens with zero attached hydrogens (tertiary/aromatic N) is 6. The molecular formula is C23H17Cl2N7OS. The van der Waals surface area contributed by atoms with Gasteiger partial charge in [0.05, 0.1) is 16.6 Å². The Morgan fingerprint density at radius 2 is 2.03 bits per heavy atom. The first-order chi connectivity index (χ1) is 16.5. The molecule has 1 N–H and O–H groups in total. The second-order valence-electron chi connectivity index (χ2n) is 8.11. The maximum Gasteiger partial charge on any atom is 0.252 e. The van der Waals surface area contributed by atoms with Gasteiger partial charge in [0.1, 0.15) is 23.0 Å². The van der Waals surface area contributed by atoms with Gasteiger partial charge in [0.15, 0.2) is 0 Å². The first kappa shape index (κ1) is 21.3. The van der Waals surface area contributed by atoms with Crippen molar-refractivity contribution in [3.8, 4) is 27.4 Å². The fourth-order valence-corrected chi connectivity index (χ4v) is 5.80. The van der Waals surface area contributed by atoms with Crippen LogP contribution in [0.4, 0.5) is 0 Å². The molecule has 1 unspecified atom stereocenters. The predicted octanol–water partition coefficient (Wildman–Crippen LogP) is 5.09. The number of nitrogens with one attached hydrogen (secondary N) is 1. The number of thiophene rings is 1. The van der Waals surface area contributed by atoms with Crippen molar-refractivity contribution in [2.45, 2.75) is 25.8 Å². The maximum atomic E-state index is 13.3. The lowest BCUT2D eigenvalue weighted by Crippen LogP contribution is -2.23. The smallest absolute Gasteiger partial charge is 0.252 e. The number of hydrogen-bond donors (Lipinski definition) is 1. The lowest BCUT2D eigenvalue weighted by molar-refractivity contribution is 0.572. The highest BCUT2D eigenvalue weighted by Gasteiger charge is 2.29. The van der Waals surface area contributed by atoms with Crippen LogP contribution < -0.4 is 5.56 Å². The van der Waals surface area contributed by atoms with Crippen molar-refractivity contribution < 1.29 is 0 Å². The summed E-state index contributed by atoms with van der Waals surface area (Å²) in [5.41, 5.74) is 3.81. The Morgan fingerprint density at radius 3 is 2.79 bits per heavy atom. The number of H-pyrrole nitrogens is 1. The molecule has 0 fully saturated rings. The minimum absolute atomic E-state index is 0.112. The number of hydrogen-bond acceptors (Lipinski definition) is 6. The molecule has 1 aliphatic heterocycles. The van der Waals surface area contributed by atoms with Crippen LogP contribution in [0.1, 0.15) is 28.9 Å². The summed E-state index contributed by atoms with van der Waals surface area (Å²) in [6, 6.07) is 12.9. The van der Waals surface area contributed by atoms with E-state index in [-0.39, 0.29) is 11.6 Å². The normalized spacial score (nSPS) is 15.1. The number of halogens is 2. The van der Waals surface area contributed by atoms with Gasteiger partial charge >= 0.3 is 0 Å². The van der Waals surface area contributed by atoms with E-state index in [2.05, 4.69) is 20.5 Å². The van der Waals surface area contributed by atoms with Crippen molar-refractivity contribution in [2.75, 3.05) is 0 Å². The monoisotopic (exact) mass is 509 g/mol. The molecule has 6 rings (SSSR count). The Hall–Kier alpha value is -3.27. The minimum Gasteiger partial charge on any atom is -0.331 e. The fraction of sp³-hybridized carbons (Fsp3) is 0.174. The Bertz CT molecular complexity index is 1590. The first-order valence-electron chi connectivity index (χ1n) is 10.6. The van der Waals surface area contributed by atoms with E-state index in [0.717, 1.165) is 45.9 Å². The zero-order valence-electron chi connectivity index (χ0n) is 17.9. The summed E-state index contributed by atoms with van der Waals surface area (Å²) in [4.78, 5) is 23.5. The summed E-state index contributed by atoms with van der Waals surface area (Å²) in [6.45, 7) is 2.05. The highest BCUT2D eigenvalue weighted by atomic mass is 35.5. The van der Waals surface area contributed by atoms with E-state index in [1.165, 1.54) is 11.2 Å². The van der Waals surface area contributed by atoms with Gasteiger partial charge in [0.25, 0.3) is 5.56 Å². The Labute approximate surface area is 207 Å². The number of aromatic amines is 1. The van der Waals surface area contributed by atoms with E-state index >= 15 is 0 Å². The van der Waals surface area contributed by atoms with E-state index in [9.17, 15) is 4.79 Å². The quantitative estimate of drug-likeness (QED) is 0.363. The van der Waals surface area contributed by atoms with Crippen LogP contribution in [0.3, 0.4) is 0 Å². The van der Waals surface area contributed by atoms with E-state index in [4.69, 9.17) is 28.2 Å². The number of aromatic nitrogens is 7. The summed E-state index contributed by atoms with van der Waals surface area (Å²) in [6.07, 6.45) is 3.00. The lowest BCUT2D eigenvalue weighted by atomic mass is 10.0. The maximum absolute atomic E-state index is 13.3. The van der Waals surface area contributed by atoms with Crippen LogP contribution >= 0.6 is 34.5 Å². The van der Waals surface area contributed by atoms with Crippen LogP contribution in [-0.2, 0) is 6.42 Å². The summed E-state index contributed by atoms with van der Waals surface area (Å²) in [5.74, 6) is 0.691. The van der Waals surface area contributed by atoms with E-state index in [0.29, 0.717) is 16.0 Å². The highest BCUT2D eigenvalue weighted by Crippen LogP contribution is 2.37. The molecule has 0 saturated heterocycles. The molecule has 11 heteroatoms. The van der Waals surface area contributed by atoms with Crippen molar-refractivity contribution in [1.82, 2.24) is 34.7 Å². The number of fused-ring (bicyclic) bond motifs is 1. The van der Waals surface area contributed by atoms with Gasteiger partial charge in [-0.1, -0.05) is 23.2 Å². The zero-order chi connectivity index (χ0) is 23.4. The number of aryl methyl sites for hydroxylation is 2. The second kappa shape index (κ2) is 8.19.